The van der Waals surface area contributed by atoms with Crippen LogP contribution in [0, 0.1) is 6.92 Å². The fourth-order valence-electron chi connectivity index (χ4n) is 3.29. The number of rotatable bonds is 5. The molecule has 132 valence electrons. The average Bonchev–Trinajstić information content (AvgIpc) is 2.67. The molecule has 4 nitrogen and oxygen atoms in total. The lowest BCUT2D eigenvalue weighted by Crippen LogP contribution is -2.45. The Bertz CT molecular complexity index is 679. The van der Waals surface area contributed by atoms with E-state index < -0.39 is 0 Å². The van der Waals surface area contributed by atoms with Gasteiger partial charge in [0.2, 0.25) is 0 Å². The van der Waals surface area contributed by atoms with Crippen molar-refractivity contribution in [1.29, 1.82) is 0 Å². The van der Waals surface area contributed by atoms with E-state index in [1.165, 1.54) is 5.56 Å². The topological polar surface area (TPSA) is 41.6 Å². The van der Waals surface area contributed by atoms with E-state index in [1.807, 2.05) is 42.2 Å². The number of ether oxygens (including phenoxy) is 1. The quantitative estimate of drug-likeness (QED) is 0.838. The molecule has 1 aliphatic heterocycles. The van der Waals surface area contributed by atoms with E-state index in [1.54, 1.807) is 0 Å². The van der Waals surface area contributed by atoms with Crippen LogP contribution >= 0.6 is 0 Å². The Morgan fingerprint density at radius 1 is 1.08 bits per heavy atom. The third kappa shape index (κ3) is 4.75. The minimum Gasteiger partial charge on any atom is -0.491 e. The van der Waals surface area contributed by atoms with Crippen LogP contribution in [0.5, 0.6) is 5.75 Å². The number of aryl methyl sites for hydroxylation is 1. The zero-order valence-electron chi connectivity index (χ0n) is 14.8. The maximum absolute atomic E-state index is 12.3. The van der Waals surface area contributed by atoms with Crippen LogP contribution in [0.3, 0.4) is 0 Å². The van der Waals surface area contributed by atoms with Gasteiger partial charge in [0.1, 0.15) is 12.4 Å². The van der Waals surface area contributed by atoms with Crippen LogP contribution in [0.15, 0.2) is 54.6 Å². The number of piperidine rings is 1. The van der Waals surface area contributed by atoms with Crippen LogP contribution < -0.4 is 10.1 Å². The Balaban J connectivity index is 1.37. The molecule has 0 unspecified atom stereocenters. The molecule has 2 aromatic rings. The molecule has 0 aliphatic carbocycles. The van der Waals surface area contributed by atoms with E-state index in [0.29, 0.717) is 19.1 Å². The van der Waals surface area contributed by atoms with E-state index in [0.717, 1.165) is 37.2 Å². The fourth-order valence-corrected chi connectivity index (χ4v) is 3.29. The average molecular weight is 338 g/mol. The summed E-state index contributed by atoms with van der Waals surface area (Å²) in [6.45, 7) is 4.64. The van der Waals surface area contributed by atoms with Crippen molar-refractivity contribution in [3.8, 4) is 5.75 Å². The largest absolute Gasteiger partial charge is 0.491 e. The molecule has 1 heterocycles. The summed E-state index contributed by atoms with van der Waals surface area (Å²) in [6, 6.07) is 18.5. The van der Waals surface area contributed by atoms with E-state index in [4.69, 9.17) is 4.74 Å². The zero-order chi connectivity index (χ0) is 17.5. The molecule has 25 heavy (non-hydrogen) atoms. The minimum absolute atomic E-state index is 0.0138. The van der Waals surface area contributed by atoms with Crippen LogP contribution in [-0.4, -0.2) is 37.2 Å². The second-order valence-electron chi connectivity index (χ2n) is 6.52. The van der Waals surface area contributed by atoms with Gasteiger partial charge in [-0.3, -0.25) is 0 Å². The smallest absolute Gasteiger partial charge is 0.317 e. The Hall–Kier alpha value is -2.49. The number of carbonyl (C=O) groups is 1. The SMILES string of the molecule is Cc1ccccc1OCCNC(=O)N1CCC(c2ccccc2)CC1. The summed E-state index contributed by atoms with van der Waals surface area (Å²) in [5.74, 6) is 1.44. The Morgan fingerprint density at radius 2 is 1.76 bits per heavy atom. The molecule has 0 atom stereocenters. The Labute approximate surface area is 149 Å². The summed E-state index contributed by atoms with van der Waals surface area (Å²) in [5.41, 5.74) is 2.49. The molecule has 0 aromatic heterocycles. The molecule has 3 rings (SSSR count). The second kappa shape index (κ2) is 8.56. The third-order valence-electron chi connectivity index (χ3n) is 4.78. The number of hydrogen-bond acceptors (Lipinski definition) is 2. The molecule has 4 heteroatoms. The van der Waals surface area contributed by atoms with Gasteiger partial charge in [0.25, 0.3) is 0 Å². The van der Waals surface area contributed by atoms with Crippen molar-refractivity contribution in [2.75, 3.05) is 26.2 Å². The van der Waals surface area contributed by atoms with Crippen molar-refractivity contribution >= 4 is 6.03 Å². The molecular formula is C21H26N2O2. The van der Waals surface area contributed by atoms with Crippen LogP contribution in [0.1, 0.15) is 29.9 Å². The number of amides is 2. The molecule has 2 aromatic carbocycles. The monoisotopic (exact) mass is 338 g/mol. The fraction of sp³-hybridized carbons (Fsp3) is 0.381. The van der Waals surface area contributed by atoms with Crippen molar-refractivity contribution in [2.24, 2.45) is 0 Å². The Kier molecular flexibility index (Phi) is 5.94. The first-order valence-electron chi connectivity index (χ1n) is 9.00. The lowest BCUT2D eigenvalue weighted by Gasteiger charge is -2.32. The van der Waals surface area contributed by atoms with Crippen LogP contribution in [0.2, 0.25) is 0 Å². The number of likely N-dealkylation sites (tertiary alicyclic amines) is 1. The molecule has 1 fully saturated rings. The van der Waals surface area contributed by atoms with Crippen molar-refractivity contribution in [3.05, 3.63) is 65.7 Å². The number of carbonyl (C=O) groups excluding carboxylic acids is 1. The number of urea groups is 1. The summed E-state index contributed by atoms with van der Waals surface area (Å²) in [7, 11) is 0. The number of nitrogens with zero attached hydrogens (tertiary/aromatic N) is 1. The summed E-state index contributed by atoms with van der Waals surface area (Å²) < 4.78 is 5.72. The van der Waals surface area contributed by atoms with Gasteiger partial charge in [0.15, 0.2) is 0 Å². The zero-order valence-corrected chi connectivity index (χ0v) is 14.8. The number of para-hydroxylation sites is 1. The van der Waals surface area contributed by atoms with E-state index in [9.17, 15) is 4.79 Å². The van der Waals surface area contributed by atoms with Gasteiger partial charge >= 0.3 is 6.03 Å². The highest BCUT2D eigenvalue weighted by Crippen LogP contribution is 2.27. The molecule has 1 saturated heterocycles. The van der Waals surface area contributed by atoms with Crippen LogP contribution in [0.25, 0.3) is 0 Å². The predicted molar refractivity (Wildman–Crippen MR) is 100 cm³/mol. The highest BCUT2D eigenvalue weighted by atomic mass is 16.5. The molecule has 1 N–H and O–H groups in total. The lowest BCUT2D eigenvalue weighted by molar-refractivity contribution is 0.179. The third-order valence-corrected chi connectivity index (χ3v) is 4.78. The van der Waals surface area contributed by atoms with Gasteiger partial charge in [-0.25, -0.2) is 4.79 Å². The van der Waals surface area contributed by atoms with E-state index >= 15 is 0 Å². The van der Waals surface area contributed by atoms with Crippen molar-refractivity contribution in [1.82, 2.24) is 10.2 Å². The number of nitrogens with one attached hydrogen (secondary N) is 1. The van der Waals surface area contributed by atoms with Gasteiger partial charge in [0, 0.05) is 13.1 Å². The second-order valence-corrected chi connectivity index (χ2v) is 6.52. The van der Waals surface area contributed by atoms with Gasteiger partial charge < -0.3 is 15.0 Å². The van der Waals surface area contributed by atoms with E-state index in [-0.39, 0.29) is 6.03 Å². The maximum Gasteiger partial charge on any atom is 0.317 e. The summed E-state index contributed by atoms with van der Waals surface area (Å²) in [4.78, 5) is 14.2. The number of benzene rings is 2. The summed E-state index contributed by atoms with van der Waals surface area (Å²) in [5, 5.41) is 2.96. The summed E-state index contributed by atoms with van der Waals surface area (Å²) in [6.07, 6.45) is 2.05. The van der Waals surface area contributed by atoms with Crippen LogP contribution in [-0.2, 0) is 0 Å². The molecule has 1 aliphatic rings. The molecular weight excluding hydrogens is 312 g/mol. The van der Waals surface area contributed by atoms with Crippen molar-refractivity contribution in [2.45, 2.75) is 25.7 Å². The first-order chi connectivity index (χ1) is 12.2. The van der Waals surface area contributed by atoms with E-state index in [2.05, 4.69) is 29.6 Å². The summed E-state index contributed by atoms with van der Waals surface area (Å²) >= 11 is 0. The van der Waals surface area contributed by atoms with Gasteiger partial charge in [0.05, 0.1) is 6.54 Å². The number of hydrogen-bond donors (Lipinski definition) is 1. The van der Waals surface area contributed by atoms with Gasteiger partial charge in [-0.1, -0.05) is 48.5 Å². The van der Waals surface area contributed by atoms with Gasteiger partial charge in [-0.2, -0.15) is 0 Å². The molecule has 2 amide bonds. The lowest BCUT2D eigenvalue weighted by atomic mass is 9.90. The minimum atomic E-state index is 0.0138. The standard InChI is InChI=1S/C21H26N2O2/c1-17-7-5-6-10-20(17)25-16-13-22-21(24)23-14-11-19(12-15-23)18-8-3-2-4-9-18/h2-10,19H,11-16H2,1H3,(H,22,24). The highest BCUT2D eigenvalue weighted by molar-refractivity contribution is 5.74. The highest BCUT2D eigenvalue weighted by Gasteiger charge is 2.23. The first kappa shape index (κ1) is 17.3. The van der Waals surface area contributed by atoms with Crippen molar-refractivity contribution in [3.63, 3.8) is 0 Å². The van der Waals surface area contributed by atoms with Crippen LogP contribution in [0.4, 0.5) is 4.79 Å². The molecule has 0 spiro atoms. The predicted octanol–water partition coefficient (Wildman–Crippen LogP) is 3.96. The maximum atomic E-state index is 12.3. The van der Waals surface area contributed by atoms with Gasteiger partial charge in [-0.15, -0.1) is 0 Å². The normalized spacial score (nSPS) is 15.0. The van der Waals surface area contributed by atoms with Crippen molar-refractivity contribution < 1.29 is 9.53 Å². The molecule has 0 saturated carbocycles. The Morgan fingerprint density at radius 3 is 2.48 bits per heavy atom. The first-order valence-corrected chi connectivity index (χ1v) is 9.00. The molecule has 0 radical (unpaired) electrons. The van der Waals surface area contributed by atoms with Gasteiger partial charge in [-0.05, 0) is 42.9 Å². The molecule has 0 bridgehead atoms.